The van der Waals surface area contributed by atoms with Crippen molar-refractivity contribution in [3.05, 3.63) is 0 Å². The van der Waals surface area contributed by atoms with Crippen molar-refractivity contribution in [3.63, 3.8) is 0 Å². The molecule has 0 amide bonds. The summed E-state index contributed by atoms with van der Waals surface area (Å²) in [5.74, 6) is 1.62. The van der Waals surface area contributed by atoms with E-state index in [2.05, 4.69) is 27.7 Å². The first-order valence-corrected chi connectivity index (χ1v) is 7.62. The van der Waals surface area contributed by atoms with Gasteiger partial charge in [-0.3, -0.25) is 0 Å². The van der Waals surface area contributed by atoms with Gasteiger partial charge in [0.1, 0.15) is 6.79 Å². The molecule has 18 heavy (non-hydrogen) atoms. The number of hydrogen-bond donors (Lipinski definition) is 0. The summed E-state index contributed by atoms with van der Waals surface area (Å²) in [7, 11) is 0. The van der Waals surface area contributed by atoms with Gasteiger partial charge < -0.3 is 9.47 Å². The van der Waals surface area contributed by atoms with Crippen molar-refractivity contribution in [2.75, 3.05) is 6.79 Å². The van der Waals surface area contributed by atoms with Gasteiger partial charge >= 0.3 is 0 Å². The van der Waals surface area contributed by atoms with E-state index in [4.69, 9.17) is 9.47 Å². The molecule has 0 aromatic rings. The van der Waals surface area contributed by atoms with Gasteiger partial charge in [0, 0.05) is 0 Å². The van der Waals surface area contributed by atoms with E-state index in [0.717, 1.165) is 5.92 Å². The van der Waals surface area contributed by atoms with Gasteiger partial charge in [0.15, 0.2) is 0 Å². The second-order valence-electron chi connectivity index (χ2n) is 8.44. The van der Waals surface area contributed by atoms with Gasteiger partial charge in [-0.2, -0.15) is 0 Å². The zero-order chi connectivity index (χ0) is 12.8. The summed E-state index contributed by atoms with van der Waals surface area (Å²) in [6.45, 7) is 10.5. The van der Waals surface area contributed by atoms with E-state index in [9.17, 15) is 0 Å². The number of fused-ring (bicyclic) bond motifs is 3. The van der Waals surface area contributed by atoms with E-state index in [1.54, 1.807) is 0 Å². The average Bonchev–Trinajstić information content (AvgIpc) is 2.90. The molecular formula is C16H26O2. The SMILES string of the molecule is CC1(C)C2C3OCOC3CC(C)(C)[C@]23CC[C@H]1C3. The van der Waals surface area contributed by atoms with Crippen LogP contribution in [0.2, 0.25) is 0 Å². The Morgan fingerprint density at radius 2 is 1.78 bits per heavy atom. The van der Waals surface area contributed by atoms with Crippen molar-refractivity contribution in [1.29, 1.82) is 0 Å². The van der Waals surface area contributed by atoms with Gasteiger partial charge in [-0.15, -0.1) is 0 Å². The molecule has 0 N–H and O–H groups in total. The van der Waals surface area contributed by atoms with Gasteiger partial charge in [-0.25, -0.2) is 0 Å². The fraction of sp³-hybridized carbons (Fsp3) is 1.00. The van der Waals surface area contributed by atoms with E-state index in [0.29, 0.717) is 41.2 Å². The highest BCUT2D eigenvalue weighted by Gasteiger charge is 2.72. The van der Waals surface area contributed by atoms with Gasteiger partial charge in [0.05, 0.1) is 12.2 Å². The van der Waals surface area contributed by atoms with Crippen molar-refractivity contribution in [2.24, 2.45) is 28.1 Å². The maximum atomic E-state index is 6.02. The molecule has 4 rings (SSSR count). The molecule has 2 nitrogen and oxygen atoms in total. The normalized spacial score (nSPS) is 55.3. The van der Waals surface area contributed by atoms with Crippen LogP contribution in [-0.2, 0) is 9.47 Å². The summed E-state index contributed by atoms with van der Waals surface area (Å²) >= 11 is 0. The van der Waals surface area contributed by atoms with Crippen LogP contribution < -0.4 is 0 Å². The van der Waals surface area contributed by atoms with Crippen LogP contribution in [0.15, 0.2) is 0 Å². The lowest BCUT2D eigenvalue weighted by molar-refractivity contribution is -0.144. The fourth-order valence-corrected chi connectivity index (χ4v) is 6.33. The van der Waals surface area contributed by atoms with Crippen molar-refractivity contribution < 1.29 is 9.47 Å². The topological polar surface area (TPSA) is 18.5 Å². The van der Waals surface area contributed by atoms with E-state index in [1.165, 1.54) is 25.7 Å². The van der Waals surface area contributed by atoms with Crippen LogP contribution in [0.4, 0.5) is 0 Å². The van der Waals surface area contributed by atoms with Crippen molar-refractivity contribution >= 4 is 0 Å². The van der Waals surface area contributed by atoms with Gasteiger partial charge in [-0.1, -0.05) is 27.7 Å². The average molecular weight is 250 g/mol. The van der Waals surface area contributed by atoms with E-state index < -0.39 is 0 Å². The van der Waals surface area contributed by atoms with Gasteiger partial charge in [0.25, 0.3) is 0 Å². The lowest BCUT2D eigenvalue weighted by atomic mass is 9.47. The summed E-state index contributed by atoms with van der Waals surface area (Å²) in [4.78, 5) is 0. The van der Waals surface area contributed by atoms with Crippen molar-refractivity contribution in [1.82, 2.24) is 0 Å². The molecule has 1 aliphatic heterocycles. The third-order valence-electron chi connectivity index (χ3n) is 7.30. The Bertz CT molecular complexity index is 387. The number of ether oxygens (including phenoxy) is 2. The van der Waals surface area contributed by atoms with E-state index in [1.807, 2.05) is 0 Å². The minimum Gasteiger partial charge on any atom is -0.349 e. The highest BCUT2D eigenvalue weighted by Crippen LogP contribution is 2.76. The van der Waals surface area contributed by atoms with Gasteiger partial charge in [-0.05, 0) is 53.8 Å². The highest BCUT2D eigenvalue weighted by atomic mass is 16.7. The monoisotopic (exact) mass is 250 g/mol. The zero-order valence-corrected chi connectivity index (χ0v) is 12.2. The minimum atomic E-state index is 0.356. The predicted octanol–water partition coefficient (Wildman–Crippen LogP) is 3.60. The predicted molar refractivity (Wildman–Crippen MR) is 70.1 cm³/mol. The van der Waals surface area contributed by atoms with Crippen molar-refractivity contribution in [2.45, 2.75) is 65.6 Å². The highest BCUT2D eigenvalue weighted by molar-refractivity contribution is 5.20. The van der Waals surface area contributed by atoms with Crippen LogP contribution in [0.25, 0.3) is 0 Å². The number of rotatable bonds is 0. The Balaban J connectivity index is 1.85. The van der Waals surface area contributed by atoms with Gasteiger partial charge in [0.2, 0.25) is 0 Å². The van der Waals surface area contributed by atoms with Crippen molar-refractivity contribution in [3.8, 4) is 0 Å². The molecule has 0 radical (unpaired) electrons. The van der Waals surface area contributed by atoms with Crippen LogP contribution in [0.1, 0.15) is 53.4 Å². The zero-order valence-electron chi connectivity index (χ0n) is 12.2. The molecule has 4 fully saturated rings. The molecule has 5 atom stereocenters. The van der Waals surface area contributed by atoms with E-state index in [-0.39, 0.29) is 0 Å². The summed E-state index contributed by atoms with van der Waals surface area (Å²) in [5, 5.41) is 0. The van der Waals surface area contributed by atoms with Crippen LogP contribution in [-0.4, -0.2) is 19.0 Å². The fourth-order valence-electron chi connectivity index (χ4n) is 6.33. The Hall–Kier alpha value is -0.0800. The molecule has 2 heteroatoms. The first kappa shape index (κ1) is 11.7. The molecule has 3 unspecified atom stereocenters. The maximum Gasteiger partial charge on any atom is 0.147 e. The Labute approximate surface area is 110 Å². The molecule has 3 saturated carbocycles. The molecule has 102 valence electrons. The molecule has 3 aliphatic carbocycles. The molecule has 0 aromatic carbocycles. The first-order chi connectivity index (χ1) is 8.38. The minimum absolute atomic E-state index is 0.356. The summed E-state index contributed by atoms with van der Waals surface area (Å²) < 4.78 is 11.9. The largest absolute Gasteiger partial charge is 0.349 e. The Morgan fingerprint density at radius 3 is 2.56 bits per heavy atom. The molecule has 1 spiro atoms. The molecular weight excluding hydrogens is 224 g/mol. The van der Waals surface area contributed by atoms with Crippen LogP contribution >= 0.6 is 0 Å². The molecule has 1 saturated heterocycles. The molecule has 0 aromatic heterocycles. The third kappa shape index (κ3) is 1.09. The summed E-state index contributed by atoms with van der Waals surface area (Å²) in [6.07, 6.45) is 6.21. The summed E-state index contributed by atoms with van der Waals surface area (Å²) in [5.41, 5.74) is 1.37. The van der Waals surface area contributed by atoms with Crippen LogP contribution in [0.3, 0.4) is 0 Å². The Morgan fingerprint density at radius 1 is 1.00 bits per heavy atom. The first-order valence-electron chi connectivity index (χ1n) is 7.62. The maximum absolute atomic E-state index is 6.02. The quantitative estimate of drug-likeness (QED) is 0.654. The lowest BCUT2D eigenvalue weighted by Crippen LogP contribution is -2.58. The summed E-state index contributed by atoms with van der Waals surface area (Å²) in [6, 6.07) is 0. The van der Waals surface area contributed by atoms with Crippen LogP contribution in [0, 0.1) is 28.1 Å². The standard InChI is InChI=1S/C16H26O2/c1-14(2)8-11-12(18-9-17-11)13-15(3,4)10-5-6-16(13,14)7-10/h10-13H,5-9H2,1-4H3/t10-,11?,12?,13?,16-/m0/s1. The van der Waals surface area contributed by atoms with Crippen LogP contribution in [0.5, 0.6) is 0 Å². The molecule has 2 bridgehead atoms. The smallest absolute Gasteiger partial charge is 0.147 e. The molecule has 4 aliphatic rings. The molecule has 1 heterocycles. The lowest BCUT2D eigenvalue weighted by Gasteiger charge is -2.58. The Kier molecular flexibility index (Phi) is 2.05. The third-order valence-corrected chi connectivity index (χ3v) is 7.30. The van der Waals surface area contributed by atoms with E-state index >= 15 is 0 Å². The number of hydrogen-bond acceptors (Lipinski definition) is 2. The second-order valence-corrected chi connectivity index (χ2v) is 8.44. The second kappa shape index (κ2) is 3.15.